The number of rotatable bonds is 5. The van der Waals surface area contributed by atoms with Gasteiger partial charge in [-0.15, -0.1) is 0 Å². The number of aryl methyl sites for hydroxylation is 1. The van der Waals surface area contributed by atoms with E-state index in [0.717, 1.165) is 40.1 Å². The number of aromatic carboxylic acids is 1. The zero-order valence-electron chi connectivity index (χ0n) is 18.4. The van der Waals surface area contributed by atoms with Crippen molar-refractivity contribution in [2.24, 2.45) is 4.99 Å². The predicted octanol–water partition coefficient (Wildman–Crippen LogP) is 5.17. The van der Waals surface area contributed by atoms with Gasteiger partial charge in [0.1, 0.15) is 6.04 Å². The minimum Gasteiger partial charge on any atom is -0.478 e. The molecule has 0 saturated carbocycles. The molecule has 2 aliphatic rings. The molecule has 1 saturated heterocycles. The highest BCUT2D eigenvalue weighted by Crippen LogP contribution is 2.49. The minimum atomic E-state index is -0.913. The van der Waals surface area contributed by atoms with Gasteiger partial charge in [-0.05, 0) is 68.3 Å². The van der Waals surface area contributed by atoms with Gasteiger partial charge in [0.25, 0.3) is 0 Å². The minimum absolute atomic E-state index is 0.0450. The van der Waals surface area contributed by atoms with Crippen LogP contribution in [0.3, 0.4) is 0 Å². The van der Waals surface area contributed by atoms with Crippen LogP contribution in [0.25, 0.3) is 5.69 Å². The molecular formula is C25H26N4O2S. The second-order valence-corrected chi connectivity index (χ2v) is 9.34. The van der Waals surface area contributed by atoms with Crippen molar-refractivity contribution in [3.8, 4) is 5.69 Å². The van der Waals surface area contributed by atoms with Crippen LogP contribution in [0.2, 0.25) is 0 Å². The molecule has 164 valence electrons. The molecule has 1 N–H and O–H groups in total. The largest absolute Gasteiger partial charge is 0.478 e. The lowest BCUT2D eigenvalue weighted by Crippen LogP contribution is -2.35. The van der Waals surface area contributed by atoms with Crippen LogP contribution in [0.1, 0.15) is 58.4 Å². The predicted molar refractivity (Wildman–Crippen MR) is 128 cm³/mol. The summed E-state index contributed by atoms with van der Waals surface area (Å²) in [6.45, 7) is 6.49. The summed E-state index contributed by atoms with van der Waals surface area (Å²) >= 11 is 1.85. The maximum absolute atomic E-state index is 11.3. The van der Waals surface area contributed by atoms with Gasteiger partial charge >= 0.3 is 5.97 Å². The maximum Gasteiger partial charge on any atom is 0.335 e. The lowest BCUT2D eigenvalue weighted by atomic mass is 9.95. The van der Waals surface area contributed by atoms with Gasteiger partial charge in [-0.3, -0.25) is 9.98 Å². The molecule has 2 aromatic heterocycles. The Morgan fingerprint density at radius 1 is 1.19 bits per heavy atom. The number of benzene rings is 1. The molecule has 7 heteroatoms. The van der Waals surface area contributed by atoms with Crippen molar-refractivity contribution in [3.05, 3.63) is 82.9 Å². The summed E-state index contributed by atoms with van der Waals surface area (Å²) in [6, 6.07) is 15.9. The third kappa shape index (κ3) is 3.32. The molecule has 3 aromatic rings. The van der Waals surface area contributed by atoms with Crippen molar-refractivity contribution in [1.29, 1.82) is 0 Å². The van der Waals surface area contributed by atoms with E-state index in [9.17, 15) is 9.90 Å². The average molecular weight is 447 g/mol. The van der Waals surface area contributed by atoms with E-state index in [1.54, 1.807) is 12.1 Å². The molecule has 6 nitrogen and oxygen atoms in total. The molecule has 0 spiro atoms. The zero-order valence-corrected chi connectivity index (χ0v) is 19.2. The molecule has 0 aliphatic carbocycles. The first-order valence-corrected chi connectivity index (χ1v) is 11.9. The van der Waals surface area contributed by atoms with Crippen LogP contribution in [0, 0.1) is 13.8 Å². The Morgan fingerprint density at radius 3 is 2.62 bits per heavy atom. The molecule has 32 heavy (non-hydrogen) atoms. The number of carbonyl (C=O) groups is 1. The summed E-state index contributed by atoms with van der Waals surface area (Å²) < 4.78 is 2.21. The first kappa shape index (κ1) is 20.8. The number of carboxylic acid groups (broad SMARTS) is 1. The van der Waals surface area contributed by atoms with Crippen molar-refractivity contribution < 1.29 is 9.90 Å². The Kier molecular flexibility index (Phi) is 5.29. The van der Waals surface area contributed by atoms with Gasteiger partial charge in [-0.2, -0.15) is 0 Å². The fourth-order valence-electron chi connectivity index (χ4n) is 4.92. The van der Waals surface area contributed by atoms with Crippen LogP contribution < -0.4 is 0 Å². The van der Waals surface area contributed by atoms with Crippen LogP contribution in [0.4, 0.5) is 0 Å². The number of carboxylic acids is 1. The number of thioether (sulfide) groups is 1. The van der Waals surface area contributed by atoms with Crippen molar-refractivity contribution >= 4 is 22.9 Å². The maximum atomic E-state index is 11.3. The molecule has 0 radical (unpaired) electrons. The topological polar surface area (TPSA) is 70.7 Å². The number of amidine groups is 1. The highest BCUT2D eigenvalue weighted by molar-refractivity contribution is 8.14. The van der Waals surface area contributed by atoms with Gasteiger partial charge in [0.05, 0.1) is 17.3 Å². The van der Waals surface area contributed by atoms with Crippen LogP contribution in [0.5, 0.6) is 0 Å². The van der Waals surface area contributed by atoms with Crippen molar-refractivity contribution in [2.45, 2.75) is 45.3 Å². The Bertz CT molecular complexity index is 1190. The molecule has 5 rings (SSSR count). The van der Waals surface area contributed by atoms with Gasteiger partial charge < -0.3 is 14.6 Å². The number of aliphatic imine (C=N–C) groups is 1. The zero-order chi connectivity index (χ0) is 22.4. The summed E-state index contributed by atoms with van der Waals surface area (Å²) in [5, 5.41) is 10.4. The van der Waals surface area contributed by atoms with E-state index >= 15 is 0 Å². The van der Waals surface area contributed by atoms with Gasteiger partial charge in [-0.1, -0.05) is 24.8 Å². The Hall–Kier alpha value is -3.06. The van der Waals surface area contributed by atoms with E-state index in [0.29, 0.717) is 11.6 Å². The van der Waals surface area contributed by atoms with Gasteiger partial charge in [0.2, 0.25) is 0 Å². The van der Waals surface area contributed by atoms with E-state index in [4.69, 9.17) is 4.99 Å². The summed E-state index contributed by atoms with van der Waals surface area (Å²) in [6.07, 6.45) is 2.92. The SMILES string of the molecule is CC[C@H]1CSC2=N[C@@H](c3ccccn3)[C@@H](c3cc(C)n(-c4ccc(C(=O)O)cc4)c3C)N21. The van der Waals surface area contributed by atoms with Crippen LogP contribution >= 0.6 is 11.8 Å². The Morgan fingerprint density at radius 2 is 1.97 bits per heavy atom. The van der Waals surface area contributed by atoms with E-state index in [-0.39, 0.29) is 12.1 Å². The van der Waals surface area contributed by atoms with Crippen molar-refractivity contribution in [2.75, 3.05) is 5.75 Å². The van der Waals surface area contributed by atoms with E-state index in [1.165, 1.54) is 5.56 Å². The van der Waals surface area contributed by atoms with Crippen LogP contribution in [-0.4, -0.2) is 42.5 Å². The third-order valence-corrected chi connectivity index (χ3v) is 7.62. The second kappa shape index (κ2) is 8.13. The molecule has 3 atom stereocenters. The molecule has 0 amide bonds. The Balaban J connectivity index is 1.60. The average Bonchev–Trinajstić information content (AvgIpc) is 3.46. The number of fused-ring (bicyclic) bond motifs is 1. The van der Waals surface area contributed by atoms with Crippen LogP contribution in [-0.2, 0) is 0 Å². The highest BCUT2D eigenvalue weighted by atomic mass is 32.2. The molecular weight excluding hydrogens is 420 g/mol. The summed E-state index contributed by atoms with van der Waals surface area (Å²) in [4.78, 5) is 23.5. The lowest BCUT2D eigenvalue weighted by Gasteiger charge is -2.32. The van der Waals surface area contributed by atoms with E-state index in [2.05, 4.69) is 47.4 Å². The summed E-state index contributed by atoms with van der Waals surface area (Å²) in [5.74, 6) is 0.153. The normalized spacial score (nSPS) is 22.2. The standard InChI is InChI=1S/C25H26N4O2S/c1-4-18-14-32-25-27-22(21-7-5-6-12-26-21)23(29(18)25)20-13-15(2)28(16(20)3)19-10-8-17(9-11-19)24(30)31/h5-13,18,22-23H,4,14H2,1-3H3,(H,30,31)/t18-,22-,23+/m0/s1. The van der Waals surface area contributed by atoms with Gasteiger partial charge in [0.15, 0.2) is 5.17 Å². The van der Waals surface area contributed by atoms with Crippen molar-refractivity contribution in [1.82, 2.24) is 14.5 Å². The summed E-state index contributed by atoms with van der Waals surface area (Å²) in [5.41, 5.74) is 5.77. The van der Waals surface area contributed by atoms with Gasteiger partial charge in [0, 0.05) is 35.1 Å². The highest BCUT2D eigenvalue weighted by Gasteiger charge is 2.46. The fraction of sp³-hybridized carbons (Fsp3) is 0.320. The number of pyridine rings is 1. The summed E-state index contributed by atoms with van der Waals surface area (Å²) in [7, 11) is 0. The monoisotopic (exact) mass is 446 g/mol. The number of aromatic nitrogens is 2. The van der Waals surface area contributed by atoms with Crippen molar-refractivity contribution in [3.63, 3.8) is 0 Å². The van der Waals surface area contributed by atoms with Gasteiger partial charge in [-0.25, -0.2) is 4.79 Å². The smallest absolute Gasteiger partial charge is 0.335 e. The number of hydrogen-bond acceptors (Lipinski definition) is 5. The fourth-order valence-corrected chi connectivity index (χ4v) is 6.26. The van der Waals surface area contributed by atoms with Crippen LogP contribution in [0.15, 0.2) is 59.7 Å². The third-order valence-electron chi connectivity index (χ3n) is 6.49. The number of nitrogens with zero attached hydrogens (tertiary/aromatic N) is 4. The second-order valence-electron chi connectivity index (χ2n) is 8.35. The lowest BCUT2D eigenvalue weighted by molar-refractivity contribution is 0.0697. The molecule has 0 bridgehead atoms. The first-order valence-electron chi connectivity index (χ1n) is 10.9. The molecule has 0 unspecified atom stereocenters. The first-order chi connectivity index (χ1) is 15.5. The van der Waals surface area contributed by atoms with E-state index in [1.807, 2.05) is 42.2 Å². The molecule has 2 aliphatic heterocycles. The van der Waals surface area contributed by atoms with E-state index < -0.39 is 5.97 Å². The molecule has 4 heterocycles. The molecule has 1 aromatic carbocycles. The quantitative estimate of drug-likeness (QED) is 0.586. The number of hydrogen-bond donors (Lipinski definition) is 1. The Labute approximate surface area is 192 Å². The molecule has 1 fully saturated rings.